The molecule has 74 valence electrons. The van der Waals surface area contributed by atoms with Gasteiger partial charge in [-0.2, -0.15) is 0 Å². The Kier molecular flexibility index (Phi) is 2.08. The molecule has 3 nitrogen and oxygen atoms in total. The predicted molar refractivity (Wildman–Crippen MR) is 52.3 cm³/mol. The third-order valence-corrected chi connectivity index (χ3v) is 2.53. The van der Waals surface area contributed by atoms with Crippen LogP contribution in [0.15, 0.2) is 24.0 Å². The van der Waals surface area contributed by atoms with Crippen LogP contribution < -0.4 is 0 Å². The number of phenolic OH excluding ortho intramolecular Hbond substituents is 2. The molecule has 0 atom stereocenters. The van der Waals surface area contributed by atoms with Gasteiger partial charge in [0, 0.05) is 17.5 Å². The van der Waals surface area contributed by atoms with Gasteiger partial charge in [-0.1, -0.05) is 0 Å². The SMILES string of the molecule is COC1=CCc2c(O)ccc(O)c2C1. The highest BCUT2D eigenvalue weighted by Crippen LogP contribution is 2.34. The number of benzene rings is 1. The fourth-order valence-corrected chi connectivity index (χ4v) is 1.71. The van der Waals surface area contributed by atoms with Crippen LogP contribution in [-0.2, 0) is 17.6 Å². The van der Waals surface area contributed by atoms with Gasteiger partial charge < -0.3 is 14.9 Å². The second-order valence-corrected chi connectivity index (χ2v) is 3.32. The van der Waals surface area contributed by atoms with Crippen LogP contribution >= 0.6 is 0 Å². The van der Waals surface area contributed by atoms with E-state index in [-0.39, 0.29) is 11.5 Å². The minimum absolute atomic E-state index is 0.223. The minimum atomic E-state index is 0.223. The first kappa shape index (κ1) is 8.94. The van der Waals surface area contributed by atoms with Crippen LogP contribution in [0.4, 0.5) is 0 Å². The van der Waals surface area contributed by atoms with Gasteiger partial charge in [0.25, 0.3) is 0 Å². The normalized spacial score (nSPS) is 14.5. The van der Waals surface area contributed by atoms with Crippen molar-refractivity contribution in [1.29, 1.82) is 0 Å². The fourth-order valence-electron chi connectivity index (χ4n) is 1.71. The van der Waals surface area contributed by atoms with Gasteiger partial charge in [-0.3, -0.25) is 0 Å². The van der Waals surface area contributed by atoms with Crippen LogP contribution in [0, 0.1) is 0 Å². The summed E-state index contributed by atoms with van der Waals surface area (Å²) in [5, 5.41) is 19.2. The highest BCUT2D eigenvalue weighted by atomic mass is 16.5. The average molecular weight is 192 g/mol. The lowest BCUT2D eigenvalue weighted by atomic mass is 9.94. The summed E-state index contributed by atoms with van der Waals surface area (Å²) in [6.07, 6.45) is 3.08. The molecule has 0 fully saturated rings. The van der Waals surface area contributed by atoms with Crippen molar-refractivity contribution in [3.05, 3.63) is 35.1 Å². The van der Waals surface area contributed by atoms with Gasteiger partial charge in [-0.05, 0) is 24.6 Å². The summed E-state index contributed by atoms with van der Waals surface area (Å²) in [4.78, 5) is 0. The molecule has 0 bridgehead atoms. The summed E-state index contributed by atoms with van der Waals surface area (Å²) in [5.41, 5.74) is 1.56. The van der Waals surface area contributed by atoms with Crippen LogP contribution in [0.25, 0.3) is 0 Å². The van der Waals surface area contributed by atoms with E-state index in [1.807, 2.05) is 6.08 Å². The zero-order valence-electron chi connectivity index (χ0n) is 7.95. The lowest BCUT2D eigenvalue weighted by Crippen LogP contribution is -2.04. The van der Waals surface area contributed by atoms with Crippen molar-refractivity contribution < 1.29 is 14.9 Å². The van der Waals surface area contributed by atoms with E-state index in [1.165, 1.54) is 12.1 Å². The first-order valence-electron chi connectivity index (χ1n) is 4.48. The number of aromatic hydroxyl groups is 2. The Morgan fingerprint density at radius 2 is 1.79 bits per heavy atom. The van der Waals surface area contributed by atoms with Gasteiger partial charge in [0.15, 0.2) is 0 Å². The van der Waals surface area contributed by atoms with Gasteiger partial charge >= 0.3 is 0 Å². The molecule has 3 heteroatoms. The van der Waals surface area contributed by atoms with Crippen LogP contribution in [0.3, 0.4) is 0 Å². The molecule has 2 rings (SSSR count). The number of rotatable bonds is 1. The fraction of sp³-hybridized carbons (Fsp3) is 0.273. The summed E-state index contributed by atoms with van der Waals surface area (Å²) in [6, 6.07) is 3.02. The molecule has 0 aromatic heterocycles. The van der Waals surface area contributed by atoms with E-state index < -0.39 is 0 Å². The molecular formula is C11H12O3. The van der Waals surface area contributed by atoms with E-state index in [2.05, 4.69) is 0 Å². The average Bonchev–Trinajstić information content (AvgIpc) is 2.23. The highest BCUT2D eigenvalue weighted by molar-refractivity contribution is 5.51. The quantitative estimate of drug-likeness (QED) is 0.666. The van der Waals surface area contributed by atoms with E-state index >= 15 is 0 Å². The van der Waals surface area contributed by atoms with Crippen molar-refractivity contribution in [2.45, 2.75) is 12.8 Å². The number of phenols is 2. The Hall–Kier alpha value is -1.64. The highest BCUT2D eigenvalue weighted by Gasteiger charge is 2.17. The number of hydrogen-bond acceptors (Lipinski definition) is 3. The first-order chi connectivity index (χ1) is 6.72. The first-order valence-corrected chi connectivity index (χ1v) is 4.48. The Labute approximate surface area is 82.3 Å². The molecule has 0 amide bonds. The smallest absolute Gasteiger partial charge is 0.119 e. The molecule has 0 unspecified atom stereocenters. The lowest BCUT2D eigenvalue weighted by Gasteiger charge is -2.18. The molecule has 1 aromatic rings. The summed E-state index contributed by atoms with van der Waals surface area (Å²) in [6.45, 7) is 0. The van der Waals surface area contributed by atoms with Crippen molar-refractivity contribution >= 4 is 0 Å². The monoisotopic (exact) mass is 192 g/mol. The largest absolute Gasteiger partial charge is 0.508 e. The zero-order chi connectivity index (χ0) is 10.1. The van der Waals surface area contributed by atoms with Gasteiger partial charge in [-0.15, -0.1) is 0 Å². The molecule has 1 aliphatic carbocycles. The maximum atomic E-state index is 9.60. The summed E-state index contributed by atoms with van der Waals surface area (Å²) < 4.78 is 5.11. The number of ether oxygens (including phenoxy) is 1. The van der Waals surface area contributed by atoms with Crippen LogP contribution in [0.1, 0.15) is 11.1 Å². The van der Waals surface area contributed by atoms with E-state index in [0.29, 0.717) is 12.8 Å². The van der Waals surface area contributed by atoms with E-state index in [0.717, 1.165) is 16.9 Å². The van der Waals surface area contributed by atoms with Gasteiger partial charge in [0.1, 0.15) is 11.5 Å². The van der Waals surface area contributed by atoms with E-state index in [9.17, 15) is 10.2 Å². The second-order valence-electron chi connectivity index (χ2n) is 3.32. The molecule has 0 aliphatic heterocycles. The van der Waals surface area contributed by atoms with Crippen molar-refractivity contribution in [2.75, 3.05) is 7.11 Å². The molecule has 0 saturated carbocycles. The lowest BCUT2D eigenvalue weighted by molar-refractivity contribution is 0.278. The minimum Gasteiger partial charge on any atom is -0.508 e. The maximum Gasteiger partial charge on any atom is 0.119 e. The van der Waals surface area contributed by atoms with Gasteiger partial charge in [-0.25, -0.2) is 0 Å². The molecule has 1 aliphatic rings. The third kappa shape index (κ3) is 1.31. The molecule has 14 heavy (non-hydrogen) atoms. The number of allylic oxidation sites excluding steroid dienone is 2. The number of fused-ring (bicyclic) bond motifs is 1. The number of methoxy groups -OCH3 is 1. The topological polar surface area (TPSA) is 49.7 Å². The van der Waals surface area contributed by atoms with Gasteiger partial charge in [0.05, 0.1) is 12.9 Å². The van der Waals surface area contributed by atoms with Crippen molar-refractivity contribution in [2.24, 2.45) is 0 Å². The van der Waals surface area contributed by atoms with Crippen LogP contribution in [0.5, 0.6) is 11.5 Å². The third-order valence-electron chi connectivity index (χ3n) is 2.53. The summed E-state index contributed by atoms with van der Waals surface area (Å²) >= 11 is 0. The second kappa shape index (κ2) is 3.25. The Morgan fingerprint density at radius 3 is 2.43 bits per heavy atom. The van der Waals surface area contributed by atoms with Gasteiger partial charge in [0.2, 0.25) is 0 Å². The summed E-state index contributed by atoms with van der Waals surface area (Å²) in [5.74, 6) is 1.29. The Morgan fingerprint density at radius 1 is 1.14 bits per heavy atom. The van der Waals surface area contributed by atoms with Crippen molar-refractivity contribution in [3.63, 3.8) is 0 Å². The maximum absolute atomic E-state index is 9.60. The molecule has 1 aromatic carbocycles. The van der Waals surface area contributed by atoms with E-state index in [4.69, 9.17) is 4.74 Å². The van der Waals surface area contributed by atoms with E-state index in [1.54, 1.807) is 7.11 Å². The number of hydrogen-bond donors (Lipinski definition) is 2. The Bertz CT molecular complexity index is 394. The zero-order valence-corrected chi connectivity index (χ0v) is 7.95. The molecular weight excluding hydrogens is 180 g/mol. The molecule has 0 radical (unpaired) electrons. The predicted octanol–water partition coefficient (Wildman–Crippen LogP) is 1.73. The van der Waals surface area contributed by atoms with Crippen LogP contribution in [-0.4, -0.2) is 17.3 Å². The Balaban J connectivity index is 2.46. The standard InChI is InChI=1S/C11H12O3/c1-14-7-2-3-8-9(6-7)11(13)5-4-10(8)12/h2,4-5,12-13H,3,6H2,1H3. The molecule has 0 heterocycles. The van der Waals surface area contributed by atoms with Crippen molar-refractivity contribution in [3.8, 4) is 11.5 Å². The molecule has 2 N–H and O–H groups in total. The summed E-state index contributed by atoms with van der Waals surface area (Å²) in [7, 11) is 1.61. The molecule has 0 saturated heterocycles. The molecule has 0 spiro atoms. The van der Waals surface area contributed by atoms with Crippen molar-refractivity contribution in [1.82, 2.24) is 0 Å². The van der Waals surface area contributed by atoms with Crippen LogP contribution in [0.2, 0.25) is 0 Å².